The number of hydrogen-bond donors (Lipinski definition) is 1. The first-order chi connectivity index (χ1) is 12.5. The summed E-state index contributed by atoms with van der Waals surface area (Å²) in [5.41, 5.74) is 0. The largest absolute Gasteiger partial charge is 0.300 e. The first-order valence-electron chi connectivity index (χ1n) is 8.31. The quantitative estimate of drug-likeness (QED) is 0.534. The predicted octanol–water partition coefficient (Wildman–Crippen LogP) is 3.14. The maximum Gasteiger partial charge on any atom is 0.252 e. The fraction of sp³-hybridized carbons (Fsp3) is 0.533. The van der Waals surface area contributed by atoms with E-state index in [1.165, 1.54) is 27.0 Å². The van der Waals surface area contributed by atoms with Gasteiger partial charge in [0.15, 0.2) is 4.34 Å². The van der Waals surface area contributed by atoms with Crippen molar-refractivity contribution < 1.29 is 13.2 Å². The van der Waals surface area contributed by atoms with E-state index in [4.69, 9.17) is 0 Å². The number of aromatic nitrogens is 2. The highest BCUT2D eigenvalue weighted by atomic mass is 32.2. The summed E-state index contributed by atoms with van der Waals surface area (Å²) in [6, 6.07) is 3.32. The standard InChI is InChI=1S/C15H20N4O3S4/c1-2-8-24-15-18-17-14(25-15)16-13(20)11-5-3-7-19(10-11)26(21,22)12-6-4-9-23-12/h4,6,9,11H,2-3,5,7-8,10H2,1H3,(H,16,17,20)/t11-/m1/s1. The number of anilines is 1. The van der Waals surface area contributed by atoms with Gasteiger partial charge in [-0.05, 0) is 30.7 Å². The number of hydrogen-bond acceptors (Lipinski definition) is 8. The molecule has 0 saturated carbocycles. The molecule has 1 aliphatic heterocycles. The molecule has 0 unspecified atom stereocenters. The zero-order valence-corrected chi connectivity index (χ0v) is 17.5. The highest BCUT2D eigenvalue weighted by molar-refractivity contribution is 8.01. The highest BCUT2D eigenvalue weighted by Crippen LogP contribution is 2.29. The Bertz CT molecular complexity index is 835. The van der Waals surface area contributed by atoms with E-state index in [0.717, 1.165) is 16.5 Å². The van der Waals surface area contributed by atoms with Gasteiger partial charge in [0.25, 0.3) is 10.0 Å². The van der Waals surface area contributed by atoms with Crippen LogP contribution in [0.4, 0.5) is 5.13 Å². The van der Waals surface area contributed by atoms with E-state index in [-0.39, 0.29) is 18.4 Å². The second-order valence-electron chi connectivity index (χ2n) is 5.85. The summed E-state index contributed by atoms with van der Waals surface area (Å²) >= 11 is 4.16. The summed E-state index contributed by atoms with van der Waals surface area (Å²) in [5, 5.41) is 13.0. The van der Waals surface area contributed by atoms with E-state index in [2.05, 4.69) is 22.4 Å². The number of thiophene rings is 1. The summed E-state index contributed by atoms with van der Waals surface area (Å²) in [7, 11) is -3.52. The molecule has 2 aromatic heterocycles. The van der Waals surface area contributed by atoms with Crippen LogP contribution in [0.1, 0.15) is 26.2 Å². The Morgan fingerprint density at radius 1 is 1.46 bits per heavy atom. The van der Waals surface area contributed by atoms with Crippen LogP contribution in [-0.2, 0) is 14.8 Å². The van der Waals surface area contributed by atoms with Gasteiger partial charge in [0.1, 0.15) is 4.21 Å². The third-order valence-electron chi connectivity index (χ3n) is 3.91. The number of carbonyl (C=O) groups is 1. The molecule has 1 N–H and O–H groups in total. The van der Waals surface area contributed by atoms with E-state index < -0.39 is 10.0 Å². The number of rotatable bonds is 7. The molecule has 2 aromatic rings. The molecule has 0 aliphatic carbocycles. The lowest BCUT2D eigenvalue weighted by Gasteiger charge is -2.30. The van der Waals surface area contributed by atoms with Crippen LogP contribution in [0.5, 0.6) is 0 Å². The molecular formula is C15H20N4O3S4. The average molecular weight is 433 g/mol. The average Bonchev–Trinajstić information content (AvgIpc) is 3.32. The van der Waals surface area contributed by atoms with Crippen LogP contribution < -0.4 is 5.32 Å². The first kappa shape index (κ1) is 19.7. The second-order valence-corrected chi connectivity index (χ2v) is 11.3. The third kappa shape index (κ3) is 4.63. The number of sulfonamides is 1. The van der Waals surface area contributed by atoms with Crippen molar-refractivity contribution in [2.24, 2.45) is 5.92 Å². The molecule has 1 saturated heterocycles. The van der Waals surface area contributed by atoms with Crippen molar-refractivity contribution >= 4 is 55.5 Å². The lowest BCUT2D eigenvalue weighted by atomic mass is 9.99. The third-order valence-corrected chi connectivity index (χ3v) is 9.33. The number of amides is 1. The van der Waals surface area contributed by atoms with Crippen LogP contribution in [0, 0.1) is 5.92 Å². The summed E-state index contributed by atoms with van der Waals surface area (Å²) in [6.07, 6.45) is 2.37. The summed E-state index contributed by atoms with van der Waals surface area (Å²) in [5.74, 6) is 0.384. The minimum absolute atomic E-state index is 0.195. The molecule has 0 aromatic carbocycles. The molecule has 0 radical (unpaired) electrons. The minimum atomic E-state index is -3.52. The molecule has 0 bridgehead atoms. The fourth-order valence-electron chi connectivity index (χ4n) is 2.63. The normalized spacial score (nSPS) is 18.7. The SMILES string of the molecule is CCCSc1nnc(NC(=O)[C@@H]2CCCN(S(=O)(=O)c3cccs3)C2)s1. The molecule has 11 heteroatoms. The predicted molar refractivity (Wildman–Crippen MR) is 105 cm³/mol. The monoisotopic (exact) mass is 432 g/mol. The molecule has 1 amide bonds. The van der Waals surface area contributed by atoms with Gasteiger partial charge >= 0.3 is 0 Å². The van der Waals surface area contributed by atoms with Crippen molar-refractivity contribution in [3.05, 3.63) is 17.5 Å². The van der Waals surface area contributed by atoms with Crippen LogP contribution in [-0.4, -0.2) is 47.7 Å². The topological polar surface area (TPSA) is 92.3 Å². The molecule has 142 valence electrons. The summed E-state index contributed by atoms with van der Waals surface area (Å²) < 4.78 is 27.9. The highest BCUT2D eigenvalue weighted by Gasteiger charge is 2.34. The van der Waals surface area contributed by atoms with Gasteiger partial charge in [0, 0.05) is 18.8 Å². The number of carbonyl (C=O) groups excluding carboxylic acids is 1. The van der Waals surface area contributed by atoms with Gasteiger partial charge in [-0.25, -0.2) is 8.42 Å². The lowest BCUT2D eigenvalue weighted by Crippen LogP contribution is -2.43. The van der Waals surface area contributed by atoms with Crippen LogP contribution in [0.15, 0.2) is 26.1 Å². The van der Waals surface area contributed by atoms with Crippen molar-refractivity contribution in [3.8, 4) is 0 Å². The van der Waals surface area contributed by atoms with Crippen molar-refractivity contribution in [2.45, 2.75) is 34.7 Å². The molecule has 0 spiro atoms. The molecule has 3 heterocycles. The Balaban J connectivity index is 1.62. The Morgan fingerprint density at radius 3 is 3.04 bits per heavy atom. The zero-order chi connectivity index (χ0) is 18.6. The number of thioether (sulfide) groups is 1. The van der Waals surface area contributed by atoms with Crippen LogP contribution in [0.2, 0.25) is 0 Å². The molecular weight excluding hydrogens is 412 g/mol. The molecule has 3 rings (SSSR count). The van der Waals surface area contributed by atoms with Crippen molar-refractivity contribution in [3.63, 3.8) is 0 Å². The maximum atomic E-state index is 12.7. The molecule has 7 nitrogen and oxygen atoms in total. The summed E-state index contributed by atoms with van der Waals surface area (Å²) in [4.78, 5) is 12.6. The maximum absolute atomic E-state index is 12.7. The van der Waals surface area contributed by atoms with Crippen LogP contribution >= 0.6 is 34.4 Å². The van der Waals surface area contributed by atoms with E-state index in [1.54, 1.807) is 29.3 Å². The Labute approximate surface area is 165 Å². The minimum Gasteiger partial charge on any atom is -0.300 e. The van der Waals surface area contributed by atoms with Gasteiger partial charge in [0.05, 0.1) is 5.92 Å². The Hall–Kier alpha value is -1.01. The Morgan fingerprint density at radius 2 is 2.31 bits per heavy atom. The van der Waals surface area contributed by atoms with Crippen LogP contribution in [0.25, 0.3) is 0 Å². The van der Waals surface area contributed by atoms with E-state index in [9.17, 15) is 13.2 Å². The van der Waals surface area contributed by atoms with E-state index in [0.29, 0.717) is 28.7 Å². The zero-order valence-electron chi connectivity index (χ0n) is 14.3. The van der Waals surface area contributed by atoms with Gasteiger partial charge in [-0.15, -0.1) is 21.5 Å². The second kappa shape index (κ2) is 8.79. The lowest BCUT2D eigenvalue weighted by molar-refractivity contribution is -0.120. The fourth-order valence-corrected chi connectivity index (χ4v) is 6.98. The first-order valence-corrected chi connectivity index (χ1v) is 12.4. The van der Waals surface area contributed by atoms with Gasteiger partial charge in [-0.2, -0.15) is 4.31 Å². The van der Waals surface area contributed by atoms with Crippen molar-refractivity contribution in [1.82, 2.24) is 14.5 Å². The van der Waals surface area contributed by atoms with Crippen molar-refractivity contribution in [2.75, 3.05) is 24.2 Å². The van der Waals surface area contributed by atoms with Crippen molar-refractivity contribution in [1.29, 1.82) is 0 Å². The smallest absolute Gasteiger partial charge is 0.252 e. The van der Waals surface area contributed by atoms with Gasteiger partial charge in [-0.1, -0.05) is 36.1 Å². The Kier molecular flexibility index (Phi) is 6.67. The number of nitrogens with zero attached hydrogens (tertiary/aromatic N) is 3. The molecule has 1 aliphatic rings. The number of piperidine rings is 1. The summed E-state index contributed by atoms with van der Waals surface area (Å²) in [6.45, 7) is 2.73. The van der Waals surface area contributed by atoms with E-state index in [1.807, 2.05) is 0 Å². The van der Waals surface area contributed by atoms with E-state index >= 15 is 0 Å². The van der Waals surface area contributed by atoms with Gasteiger partial charge in [0.2, 0.25) is 11.0 Å². The number of nitrogens with one attached hydrogen (secondary N) is 1. The van der Waals surface area contributed by atoms with Crippen LogP contribution in [0.3, 0.4) is 0 Å². The molecule has 26 heavy (non-hydrogen) atoms. The van der Waals surface area contributed by atoms with Gasteiger partial charge in [-0.3, -0.25) is 4.79 Å². The van der Waals surface area contributed by atoms with Gasteiger partial charge < -0.3 is 5.32 Å². The molecule has 1 fully saturated rings. The molecule has 1 atom stereocenters.